The normalized spacial score (nSPS) is 11.6. The van der Waals surface area contributed by atoms with E-state index < -0.39 is 18.0 Å². The average Bonchev–Trinajstić information content (AvgIpc) is 2.29. The highest BCUT2D eigenvalue weighted by molar-refractivity contribution is 5.92. The van der Waals surface area contributed by atoms with Gasteiger partial charge in [-0.3, -0.25) is 4.79 Å². The molecule has 0 aliphatic carbocycles. The van der Waals surface area contributed by atoms with Crippen molar-refractivity contribution in [1.82, 2.24) is 0 Å². The van der Waals surface area contributed by atoms with Crippen molar-refractivity contribution >= 4 is 17.6 Å². The molecule has 1 aromatic rings. The molecule has 0 aliphatic rings. The van der Waals surface area contributed by atoms with Gasteiger partial charge in [0.25, 0.3) is 5.91 Å². The maximum Gasteiger partial charge on any atom is 0.339 e. The van der Waals surface area contributed by atoms with E-state index >= 15 is 0 Å². The molecule has 0 fully saturated rings. The van der Waals surface area contributed by atoms with Crippen molar-refractivity contribution in [3.8, 4) is 5.75 Å². The molecule has 0 aliphatic heterocycles. The maximum atomic E-state index is 11.6. The molecule has 0 radical (unpaired) electrons. The van der Waals surface area contributed by atoms with E-state index in [1.165, 1.54) is 32.2 Å². The van der Waals surface area contributed by atoms with Crippen LogP contribution in [-0.2, 0) is 9.53 Å². The van der Waals surface area contributed by atoms with Crippen LogP contribution < -0.4 is 16.2 Å². The summed E-state index contributed by atoms with van der Waals surface area (Å²) >= 11 is 0. The first-order valence-electron chi connectivity index (χ1n) is 4.89. The van der Waals surface area contributed by atoms with E-state index in [1.807, 2.05) is 0 Å². The number of carbonyl (C=O) groups is 2. The van der Waals surface area contributed by atoms with Crippen molar-refractivity contribution in [1.29, 1.82) is 0 Å². The molecule has 1 rings (SSSR count). The Labute approximate surface area is 98.5 Å². The molecule has 6 heteroatoms. The van der Waals surface area contributed by atoms with E-state index in [-0.39, 0.29) is 5.56 Å². The van der Waals surface area contributed by atoms with Gasteiger partial charge in [0.2, 0.25) is 0 Å². The van der Waals surface area contributed by atoms with Crippen molar-refractivity contribution in [3.05, 3.63) is 23.8 Å². The van der Waals surface area contributed by atoms with Crippen LogP contribution in [0.25, 0.3) is 0 Å². The van der Waals surface area contributed by atoms with Gasteiger partial charge in [-0.15, -0.1) is 0 Å². The Morgan fingerprint density at radius 1 is 1.35 bits per heavy atom. The summed E-state index contributed by atoms with van der Waals surface area (Å²) in [5.74, 6) is -0.999. The second kappa shape index (κ2) is 5.20. The minimum atomic E-state index is -0.981. The molecule has 1 atom stereocenters. The van der Waals surface area contributed by atoms with E-state index in [2.05, 4.69) is 0 Å². The van der Waals surface area contributed by atoms with Gasteiger partial charge in [0, 0.05) is 0 Å². The highest BCUT2D eigenvalue weighted by atomic mass is 16.5. The summed E-state index contributed by atoms with van der Waals surface area (Å²) in [4.78, 5) is 22.4. The minimum Gasteiger partial charge on any atom is -0.495 e. The second-order valence-electron chi connectivity index (χ2n) is 3.41. The number of nitrogens with two attached hydrogens (primary N) is 2. The van der Waals surface area contributed by atoms with Crippen LogP contribution >= 0.6 is 0 Å². The first kappa shape index (κ1) is 12.8. The van der Waals surface area contributed by atoms with E-state index in [9.17, 15) is 9.59 Å². The molecule has 1 amide bonds. The zero-order valence-corrected chi connectivity index (χ0v) is 9.60. The first-order chi connectivity index (χ1) is 7.95. The van der Waals surface area contributed by atoms with Gasteiger partial charge in [0.05, 0.1) is 18.4 Å². The van der Waals surface area contributed by atoms with Gasteiger partial charge in [-0.2, -0.15) is 0 Å². The molecule has 0 bridgehead atoms. The summed E-state index contributed by atoms with van der Waals surface area (Å²) in [5, 5.41) is 0. The lowest BCUT2D eigenvalue weighted by Crippen LogP contribution is -2.30. The summed E-state index contributed by atoms with van der Waals surface area (Å²) in [6.07, 6.45) is -0.981. The fourth-order valence-corrected chi connectivity index (χ4v) is 1.12. The second-order valence-corrected chi connectivity index (χ2v) is 3.41. The monoisotopic (exact) mass is 238 g/mol. The largest absolute Gasteiger partial charge is 0.495 e. The van der Waals surface area contributed by atoms with E-state index in [0.717, 1.165) is 0 Å². The van der Waals surface area contributed by atoms with Crippen LogP contribution in [0.1, 0.15) is 17.3 Å². The Morgan fingerprint density at radius 3 is 2.53 bits per heavy atom. The van der Waals surface area contributed by atoms with Gasteiger partial charge in [-0.25, -0.2) is 4.79 Å². The average molecular weight is 238 g/mol. The Morgan fingerprint density at radius 2 is 2.00 bits per heavy atom. The molecule has 1 aromatic carbocycles. The Kier molecular flexibility index (Phi) is 3.92. The molecule has 0 saturated heterocycles. The smallest absolute Gasteiger partial charge is 0.339 e. The van der Waals surface area contributed by atoms with Crippen molar-refractivity contribution in [2.75, 3.05) is 12.8 Å². The van der Waals surface area contributed by atoms with Gasteiger partial charge in [0.1, 0.15) is 5.75 Å². The number of esters is 1. The summed E-state index contributed by atoms with van der Waals surface area (Å²) < 4.78 is 9.79. The number of rotatable bonds is 4. The van der Waals surface area contributed by atoms with Crippen LogP contribution in [0.5, 0.6) is 5.75 Å². The number of hydrogen-bond donors (Lipinski definition) is 2. The molecule has 0 saturated carbocycles. The molecule has 6 nitrogen and oxygen atoms in total. The number of nitrogen functional groups attached to an aromatic ring is 1. The lowest BCUT2D eigenvalue weighted by atomic mass is 10.2. The van der Waals surface area contributed by atoms with E-state index in [4.69, 9.17) is 20.9 Å². The van der Waals surface area contributed by atoms with Crippen molar-refractivity contribution in [2.24, 2.45) is 5.73 Å². The topological polar surface area (TPSA) is 105 Å². The van der Waals surface area contributed by atoms with E-state index in [0.29, 0.717) is 11.4 Å². The molecule has 0 aromatic heterocycles. The molecule has 0 heterocycles. The zero-order valence-electron chi connectivity index (χ0n) is 9.60. The fourth-order valence-electron chi connectivity index (χ4n) is 1.12. The third kappa shape index (κ3) is 3.10. The summed E-state index contributed by atoms with van der Waals surface area (Å²) in [7, 11) is 1.44. The summed E-state index contributed by atoms with van der Waals surface area (Å²) in [6.45, 7) is 1.40. The third-order valence-corrected chi connectivity index (χ3v) is 2.15. The Bertz CT molecular complexity index is 445. The number of anilines is 1. The number of carbonyl (C=O) groups excluding carboxylic acids is 2. The number of benzene rings is 1. The summed E-state index contributed by atoms with van der Waals surface area (Å²) in [5.41, 5.74) is 11.2. The van der Waals surface area contributed by atoms with Gasteiger partial charge in [-0.1, -0.05) is 0 Å². The van der Waals surface area contributed by atoms with Crippen LogP contribution in [-0.4, -0.2) is 25.1 Å². The molecule has 4 N–H and O–H groups in total. The SMILES string of the molecule is COc1cc(C(=O)OC(C)C(N)=O)ccc1N. The standard InChI is InChI=1S/C11H14N2O4/c1-6(10(13)14)17-11(15)7-3-4-8(12)9(5-7)16-2/h3-6H,12H2,1-2H3,(H2,13,14). The van der Waals surface area contributed by atoms with Crippen LogP contribution in [0.15, 0.2) is 18.2 Å². The first-order valence-corrected chi connectivity index (χ1v) is 4.89. The van der Waals surface area contributed by atoms with E-state index in [1.54, 1.807) is 0 Å². The lowest BCUT2D eigenvalue weighted by molar-refractivity contribution is -0.125. The van der Waals surface area contributed by atoms with Crippen LogP contribution in [0.3, 0.4) is 0 Å². The Balaban J connectivity index is 2.86. The highest BCUT2D eigenvalue weighted by Gasteiger charge is 2.17. The molecule has 0 spiro atoms. The Hall–Kier alpha value is -2.24. The van der Waals surface area contributed by atoms with Gasteiger partial charge < -0.3 is 20.9 Å². The van der Waals surface area contributed by atoms with Gasteiger partial charge in [0.15, 0.2) is 6.10 Å². The third-order valence-electron chi connectivity index (χ3n) is 2.15. The fraction of sp³-hybridized carbons (Fsp3) is 0.273. The zero-order chi connectivity index (χ0) is 13.0. The van der Waals surface area contributed by atoms with Crippen LogP contribution in [0, 0.1) is 0 Å². The number of amides is 1. The number of methoxy groups -OCH3 is 1. The quantitative estimate of drug-likeness (QED) is 0.580. The number of ether oxygens (including phenoxy) is 2. The van der Waals surface area contributed by atoms with Crippen molar-refractivity contribution < 1.29 is 19.1 Å². The maximum absolute atomic E-state index is 11.6. The number of hydrogen-bond acceptors (Lipinski definition) is 5. The van der Waals surface area contributed by atoms with Crippen molar-refractivity contribution in [2.45, 2.75) is 13.0 Å². The predicted molar refractivity (Wildman–Crippen MR) is 61.5 cm³/mol. The predicted octanol–water partition coefficient (Wildman–Crippen LogP) is 0.308. The van der Waals surface area contributed by atoms with Gasteiger partial charge in [-0.05, 0) is 25.1 Å². The van der Waals surface area contributed by atoms with Crippen molar-refractivity contribution in [3.63, 3.8) is 0 Å². The van der Waals surface area contributed by atoms with Crippen LogP contribution in [0.2, 0.25) is 0 Å². The van der Waals surface area contributed by atoms with Gasteiger partial charge >= 0.3 is 5.97 Å². The minimum absolute atomic E-state index is 0.240. The lowest BCUT2D eigenvalue weighted by Gasteiger charge is -2.10. The molecule has 1 unspecified atom stereocenters. The molecular weight excluding hydrogens is 224 g/mol. The summed E-state index contributed by atoms with van der Waals surface area (Å²) in [6, 6.07) is 4.43. The number of primary amides is 1. The molecule has 17 heavy (non-hydrogen) atoms. The molecule has 92 valence electrons. The highest BCUT2D eigenvalue weighted by Crippen LogP contribution is 2.22. The van der Waals surface area contributed by atoms with Crippen LogP contribution in [0.4, 0.5) is 5.69 Å². The molecular formula is C11H14N2O4.